The van der Waals surface area contributed by atoms with Crippen LogP contribution in [0.2, 0.25) is 0 Å². The van der Waals surface area contributed by atoms with Gasteiger partial charge in [0.2, 0.25) is 11.8 Å². The molecule has 6 heteroatoms. The second-order valence-electron chi connectivity index (χ2n) is 4.88. The lowest BCUT2D eigenvalue weighted by Gasteiger charge is -2.10. The zero-order valence-corrected chi connectivity index (χ0v) is 13.2. The van der Waals surface area contributed by atoms with Crippen molar-refractivity contribution in [3.05, 3.63) is 71.8 Å². The minimum absolute atomic E-state index is 0.0624. The molecule has 0 aliphatic carbocycles. The highest BCUT2D eigenvalue weighted by Crippen LogP contribution is 1.99. The van der Waals surface area contributed by atoms with Crippen molar-refractivity contribution in [2.75, 3.05) is 0 Å². The van der Waals surface area contributed by atoms with Crippen LogP contribution in [0.4, 0.5) is 0 Å². The molecule has 0 fully saturated rings. The molecule has 0 aliphatic heterocycles. The van der Waals surface area contributed by atoms with E-state index in [1.807, 2.05) is 60.7 Å². The Morgan fingerprint density at radius 2 is 1.22 bits per heavy atom. The van der Waals surface area contributed by atoms with Gasteiger partial charge in [0.1, 0.15) is 0 Å². The molecule has 0 saturated heterocycles. The van der Waals surface area contributed by atoms with Gasteiger partial charge in [0, 0.05) is 0 Å². The fourth-order valence-corrected chi connectivity index (χ4v) is 2.10. The third-order valence-electron chi connectivity index (χ3n) is 2.98. The first-order valence-electron chi connectivity index (χ1n) is 7.10. The van der Waals surface area contributed by atoms with Crippen molar-refractivity contribution < 1.29 is 9.59 Å². The van der Waals surface area contributed by atoms with Gasteiger partial charge in [0.05, 0.1) is 12.8 Å². The van der Waals surface area contributed by atoms with Gasteiger partial charge in [-0.3, -0.25) is 20.4 Å². The first-order valence-corrected chi connectivity index (χ1v) is 7.51. The molecule has 2 amide bonds. The Balaban J connectivity index is 1.70. The van der Waals surface area contributed by atoms with E-state index in [-0.39, 0.29) is 29.8 Å². The fraction of sp³-hybridized carbons (Fsp3) is 0.118. The largest absolute Gasteiger partial charge is 0.302 e. The normalized spacial score (nSPS) is 9.74. The van der Waals surface area contributed by atoms with Gasteiger partial charge in [-0.2, -0.15) is 0 Å². The van der Waals surface area contributed by atoms with Crippen LogP contribution in [0.5, 0.6) is 0 Å². The van der Waals surface area contributed by atoms with E-state index in [1.165, 1.54) is 0 Å². The number of carbonyl (C=O) groups excluding carboxylic acids is 2. The van der Waals surface area contributed by atoms with Crippen LogP contribution in [-0.4, -0.2) is 16.9 Å². The van der Waals surface area contributed by atoms with Crippen LogP contribution in [0.3, 0.4) is 0 Å². The summed E-state index contributed by atoms with van der Waals surface area (Å²) in [5.74, 6) is -0.484. The van der Waals surface area contributed by atoms with E-state index < -0.39 is 0 Å². The number of amides is 2. The van der Waals surface area contributed by atoms with Gasteiger partial charge in [0.15, 0.2) is 5.11 Å². The summed E-state index contributed by atoms with van der Waals surface area (Å²) >= 11 is 4.97. The molecular formula is C17H17N3O2S. The molecule has 3 N–H and O–H groups in total. The highest BCUT2D eigenvalue weighted by atomic mass is 32.1. The second kappa shape index (κ2) is 8.65. The van der Waals surface area contributed by atoms with Gasteiger partial charge >= 0.3 is 0 Å². The van der Waals surface area contributed by atoms with Crippen molar-refractivity contribution in [3.63, 3.8) is 0 Å². The van der Waals surface area contributed by atoms with Gasteiger partial charge in [-0.15, -0.1) is 0 Å². The first-order chi connectivity index (χ1) is 11.1. The standard InChI is InChI=1S/C17H17N3O2S/c21-15(11-13-7-3-1-4-8-13)18-17(23)20-19-16(22)12-14-9-5-2-6-10-14/h1-10H,11-12H2,(H,19,22)(H2,18,20,21,23). The van der Waals surface area contributed by atoms with Gasteiger partial charge in [0.25, 0.3) is 0 Å². The zero-order valence-electron chi connectivity index (χ0n) is 12.4. The van der Waals surface area contributed by atoms with Gasteiger partial charge < -0.3 is 5.32 Å². The highest BCUT2D eigenvalue weighted by molar-refractivity contribution is 7.80. The lowest BCUT2D eigenvalue weighted by Crippen LogP contribution is -2.49. The third-order valence-corrected chi connectivity index (χ3v) is 3.19. The van der Waals surface area contributed by atoms with Crippen molar-refractivity contribution in [1.82, 2.24) is 16.2 Å². The Hall–Kier alpha value is -2.73. The van der Waals surface area contributed by atoms with Crippen LogP contribution in [-0.2, 0) is 22.4 Å². The number of nitrogens with one attached hydrogen (secondary N) is 3. The van der Waals surface area contributed by atoms with Crippen LogP contribution in [0.1, 0.15) is 11.1 Å². The van der Waals surface area contributed by atoms with E-state index in [9.17, 15) is 9.59 Å². The number of hydrazine groups is 1. The van der Waals surface area contributed by atoms with Gasteiger partial charge in [-0.05, 0) is 23.3 Å². The third kappa shape index (κ3) is 6.27. The second-order valence-corrected chi connectivity index (χ2v) is 5.28. The number of hydrogen-bond donors (Lipinski definition) is 3. The molecule has 0 saturated carbocycles. The average Bonchev–Trinajstić information content (AvgIpc) is 2.55. The molecule has 0 bridgehead atoms. The Kier molecular flexibility index (Phi) is 6.26. The summed E-state index contributed by atoms with van der Waals surface area (Å²) in [4.78, 5) is 23.6. The van der Waals surface area contributed by atoms with Gasteiger partial charge in [-0.25, -0.2) is 0 Å². The predicted molar refractivity (Wildman–Crippen MR) is 92.3 cm³/mol. The maximum absolute atomic E-state index is 11.8. The molecule has 5 nitrogen and oxygen atoms in total. The van der Waals surface area contributed by atoms with Crippen LogP contribution < -0.4 is 16.2 Å². The smallest absolute Gasteiger partial charge is 0.242 e. The summed E-state index contributed by atoms with van der Waals surface area (Å²) in [6.07, 6.45) is 0.453. The summed E-state index contributed by atoms with van der Waals surface area (Å²) in [5.41, 5.74) is 6.76. The van der Waals surface area contributed by atoms with E-state index in [0.717, 1.165) is 11.1 Å². The highest BCUT2D eigenvalue weighted by Gasteiger charge is 2.07. The first kappa shape index (κ1) is 16.6. The van der Waals surface area contributed by atoms with Crippen LogP contribution in [0, 0.1) is 0 Å². The molecule has 2 rings (SSSR count). The topological polar surface area (TPSA) is 70.2 Å². The van der Waals surface area contributed by atoms with E-state index in [0.29, 0.717) is 0 Å². The lowest BCUT2D eigenvalue weighted by atomic mass is 10.1. The SMILES string of the molecule is O=C(Cc1ccccc1)NNC(=S)NC(=O)Cc1ccccc1. The lowest BCUT2D eigenvalue weighted by molar-refractivity contribution is -0.121. The van der Waals surface area contributed by atoms with Crippen LogP contribution in [0.25, 0.3) is 0 Å². The number of rotatable bonds is 4. The zero-order chi connectivity index (χ0) is 16.5. The van der Waals surface area contributed by atoms with Crippen LogP contribution >= 0.6 is 12.2 Å². The van der Waals surface area contributed by atoms with Crippen molar-refractivity contribution >= 4 is 29.1 Å². The summed E-state index contributed by atoms with van der Waals surface area (Å²) in [6, 6.07) is 18.7. The molecular weight excluding hydrogens is 310 g/mol. The molecule has 0 radical (unpaired) electrons. The predicted octanol–water partition coefficient (Wildman–Crippen LogP) is 1.49. The molecule has 0 heterocycles. The van der Waals surface area contributed by atoms with E-state index in [2.05, 4.69) is 16.2 Å². The maximum atomic E-state index is 11.8. The monoisotopic (exact) mass is 327 g/mol. The van der Waals surface area contributed by atoms with E-state index >= 15 is 0 Å². The molecule has 0 aliphatic rings. The van der Waals surface area contributed by atoms with Crippen molar-refractivity contribution in [2.45, 2.75) is 12.8 Å². The van der Waals surface area contributed by atoms with E-state index in [1.54, 1.807) is 0 Å². The molecule has 0 unspecified atom stereocenters. The van der Waals surface area contributed by atoms with Crippen LogP contribution in [0.15, 0.2) is 60.7 Å². The van der Waals surface area contributed by atoms with Crippen molar-refractivity contribution in [3.8, 4) is 0 Å². The number of hydrogen-bond acceptors (Lipinski definition) is 3. The fourth-order valence-electron chi connectivity index (χ4n) is 1.94. The molecule has 2 aromatic carbocycles. The minimum Gasteiger partial charge on any atom is -0.302 e. The Morgan fingerprint density at radius 3 is 1.74 bits per heavy atom. The molecule has 118 valence electrons. The molecule has 23 heavy (non-hydrogen) atoms. The number of benzene rings is 2. The number of thiocarbonyl (C=S) groups is 1. The average molecular weight is 327 g/mol. The summed E-state index contributed by atoms with van der Waals surface area (Å²) in [6.45, 7) is 0. The van der Waals surface area contributed by atoms with Crippen molar-refractivity contribution in [2.24, 2.45) is 0 Å². The Morgan fingerprint density at radius 1 is 0.739 bits per heavy atom. The molecule has 0 atom stereocenters. The molecule has 2 aromatic rings. The Bertz CT molecular complexity index is 675. The Labute approximate surface area is 140 Å². The molecule has 0 spiro atoms. The summed E-state index contributed by atoms with van der Waals surface area (Å²) in [7, 11) is 0. The van der Waals surface area contributed by atoms with E-state index in [4.69, 9.17) is 12.2 Å². The van der Waals surface area contributed by atoms with Crippen molar-refractivity contribution in [1.29, 1.82) is 0 Å². The molecule has 0 aromatic heterocycles. The maximum Gasteiger partial charge on any atom is 0.242 e. The summed E-state index contributed by atoms with van der Waals surface area (Å²) in [5, 5.41) is 2.58. The minimum atomic E-state index is -0.244. The van der Waals surface area contributed by atoms with Gasteiger partial charge in [-0.1, -0.05) is 60.7 Å². The quantitative estimate of drug-likeness (QED) is 0.588. The summed E-state index contributed by atoms with van der Waals surface area (Å²) < 4.78 is 0. The number of carbonyl (C=O) groups is 2.